The van der Waals surface area contributed by atoms with Crippen LogP contribution >= 0.6 is 0 Å². The lowest BCUT2D eigenvalue weighted by Gasteiger charge is -2.20. The maximum atomic E-state index is 12.4. The SMILES string of the molecule is C[C@H](C(=O)OCn1nnc2ccccc2c1=O)N1C(=O)c2ccccc2C1=O. The van der Waals surface area contributed by atoms with E-state index < -0.39 is 36.1 Å². The molecule has 2 amide bonds. The molecular formula is C19H14N4O5. The Kier molecular flexibility index (Phi) is 4.19. The summed E-state index contributed by atoms with van der Waals surface area (Å²) in [6, 6.07) is 11.8. The fraction of sp³-hybridized carbons (Fsp3) is 0.158. The number of amides is 2. The Balaban J connectivity index is 1.51. The summed E-state index contributed by atoms with van der Waals surface area (Å²) in [5.41, 5.74) is 0.439. The maximum Gasteiger partial charge on any atom is 0.330 e. The third-order valence-corrected chi connectivity index (χ3v) is 4.51. The molecule has 2 aromatic carbocycles. The van der Waals surface area contributed by atoms with Gasteiger partial charge in [-0.2, -0.15) is 4.68 Å². The van der Waals surface area contributed by atoms with Crippen LogP contribution in [0.15, 0.2) is 53.3 Å². The monoisotopic (exact) mass is 378 g/mol. The van der Waals surface area contributed by atoms with Crippen molar-refractivity contribution in [2.24, 2.45) is 0 Å². The number of nitrogens with zero attached hydrogens (tertiary/aromatic N) is 4. The van der Waals surface area contributed by atoms with E-state index in [1.807, 2.05) is 0 Å². The minimum absolute atomic E-state index is 0.240. The molecule has 0 N–H and O–H groups in total. The van der Waals surface area contributed by atoms with Gasteiger partial charge in [-0.25, -0.2) is 4.79 Å². The smallest absolute Gasteiger partial charge is 0.330 e. The predicted molar refractivity (Wildman–Crippen MR) is 96.3 cm³/mol. The molecule has 9 heteroatoms. The summed E-state index contributed by atoms with van der Waals surface area (Å²) >= 11 is 0. The van der Waals surface area contributed by atoms with Crippen molar-refractivity contribution in [1.29, 1.82) is 0 Å². The number of carbonyl (C=O) groups is 3. The molecule has 0 unspecified atom stereocenters. The third kappa shape index (κ3) is 2.73. The summed E-state index contributed by atoms with van der Waals surface area (Å²) in [5.74, 6) is -1.96. The van der Waals surface area contributed by atoms with Crippen molar-refractivity contribution in [1.82, 2.24) is 19.9 Å². The molecule has 1 atom stereocenters. The van der Waals surface area contributed by atoms with Gasteiger partial charge < -0.3 is 4.74 Å². The molecule has 140 valence electrons. The van der Waals surface area contributed by atoms with Gasteiger partial charge in [0.15, 0.2) is 6.73 Å². The molecule has 0 radical (unpaired) electrons. The second-order valence-corrected chi connectivity index (χ2v) is 6.21. The predicted octanol–water partition coefficient (Wildman–Crippen LogP) is 0.977. The highest BCUT2D eigenvalue weighted by Gasteiger charge is 2.41. The van der Waals surface area contributed by atoms with Gasteiger partial charge in [0.2, 0.25) is 0 Å². The molecule has 0 saturated heterocycles. The molecular weight excluding hydrogens is 364 g/mol. The molecule has 0 fully saturated rings. The van der Waals surface area contributed by atoms with Gasteiger partial charge in [0.1, 0.15) is 11.6 Å². The second kappa shape index (κ2) is 6.69. The van der Waals surface area contributed by atoms with E-state index in [-0.39, 0.29) is 11.1 Å². The van der Waals surface area contributed by atoms with E-state index in [9.17, 15) is 19.2 Å². The van der Waals surface area contributed by atoms with Crippen molar-refractivity contribution in [3.05, 3.63) is 70.0 Å². The fourth-order valence-electron chi connectivity index (χ4n) is 3.02. The van der Waals surface area contributed by atoms with Gasteiger partial charge in [0.05, 0.1) is 16.5 Å². The van der Waals surface area contributed by atoms with Gasteiger partial charge in [0, 0.05) is 0 Å². The molecule has 9 nitrogen and oxygen atoms in total. The standard InChI is InChI=1S/C19H14N4O5/c1-11(23-17(25)12-6-2-3-7-13(12)18(23)26)19(27)28-10-22-16(24)14-8-4-5-9-15(14)20-21-22/h2-9,11H,10H2,1H3/t11-/m1/s1. The molecule has 4 rings (SSSR count). The Morgan fingerprint density at radius 2 is 1.61 bits per heavy atom. The molecule has 1 aliphatic heterocycles. The number of benzene rings is 2. The van der Waals surface area contributed by atoms with E-state index in [1.165, 1.54) is 19.1 Å². The number of imide groups is 1. The highest BCUT2D eigenvalue weighted by atomic mass is 16.5. The van der Waals surface area contributed by atoms with Crippen molar-refractivity contribution >= 4 is 28.7 Å². The zero-order chi connectivity index (χ0) is 19.8. The minimum atomic E-state index is -1.16. The molecule has 28 heavy (non-hydrogen) atoms. The maximum absolute atomic E-state index is 12.4. The Labute approximate surface area is 158 Å². The quantitative estimate of drug-likeness (QED) is 0.491. The first kappa shape index (κ1) is 17.5. The minimum Gasteiger partial charge on any atom is -0.441 e. The number of hydrogen-bond donors (Lipinski definition) is 0. The lowest BCUT2D eigenvalue weighted by Crippen LogP contribution is -2.44. The first-order chi connectivity index (χ1) is 13.5. The van der Waals surface area contributed by atoms with E-state index in [1.54, 1.807) is 36.4 Å². The van der Waals surface area contributed by atoms with Crippen LogP contribution in [0.2, 0.25) is 0 Å². The topological polar surface area (TPSA) is 111 Å². The molecule has 0 bridgehead atoms. The van der Waals surface area contributed by atoms with Crippen molar-refractivity contribution in [2.75, 3.05) is 0 Å². The Bertz CT molecular complexity index is 1150. The molecule has 0 saturated carbocycles. The zero-order valence-corrected chi connectivity index (χ0v) is 14.7. The van der Waals surface area contributed by atoms with Gasteiger partial charge in [-0.15, -0.1) is 5.10 Å². The Morgan fingerprint density at radius 3 is 2.29 bits per heavy atom. The number of rotatable bonds is 4. The third-order valence-electron chi connectivity index (χ3n) is 4.51. The fourth-order valence-corrected chi connectivity index (χ4v) is 3.02. The summed E-state index contributed by atoms with van der Waals surface area (Å²) in [7, 11) is 0. The summed E-state index contributed by atoms with van der Waals surface area (Å²) in [4.78, 5) is 50.5. The number of aromatic nitrogens is 3. The highest BCUT2D eigenvalue weighted by molar-refractivity contribution is 6.22. The van der Waals surface area contributed by atoms with Crippen molar-refractivity contribution in [3.63, 3.8) is 0 Å². The van der Waals surface area contributed by atoms with Gasteiger partial charge in [-0.3, -0.25) is 19.3 Å². The zero-order valence-electron chi connectivity index (χ0n) is 14.7. The number of hydrogen-bond acceptors (Lipinski definition) is 7. The van der Waals surface area contributed by atoms with E-state index in [2.05, 4.69) is 10.3 Å². The van der Waals surface area contributed by atoms with Crippen LogP contribution in [0.3, 0.4) is 0 Å². The number of ether oxygens (including phenoxy) is 1. The van der Waals surface area contributed by atoms with Crippen LogP contribution in [-0.4, -0.2) is 43.7 Å². The van der Waals surface area contributed by atoms with Crippen molar-refractivity contribution in [3.8, 4) is 0 Å². The average molecular weight is 378 g/mol. The van der Waals surface area contributed by atoms with Crippen LogP contribution < -0.4 is 5.56 Å². The van der Waals surface area contributed by atoms with Crippen LogP contribution in [-0.2, 0) is 16.3 Å². The number of carbonyl (C=O) groups excluding carboxylic acids is 3. The normalized spacial score (nSPS) is 14.2. The second-order valence-electron chi connectivity index (χ2n) is 6.21. The first-order valence-corrected chi connectivity index (χ1v) is 8.45. The summed E-state index contributed by atoms with van der Waals surface area (Å²) < 4.78 is 6.00. The van der Waals surface area contributed by atoms with Crippen LogP contribution in [0.25, 0.3) is 10.9 Å². The lowest BCUT2D eigenvalue weighted by molar-refractivity contribution is -0.152. The number of esters is 1. The largest absolute Gasteiger partial charge is 0.441 e. The van der Waals surface area contributed by atoms with E-state index in [4.69, 9.17) is 4.74 Å². The average Bonchev–Trinajstić information content (AvgIpc) is 2.97. The summed E-state index contributed by atoms with van der Waals surface area (Å²) in [6.07, 6.45) is 0. The van der Waals surface area contributed by atoms with Gasteiger partial charge in [-0.1, -0.05) is 29.5 Å². The van der Waals surface area contributed by atoms with Gasteiger partial charge >= 0.3 is 5.97 Å². The highest BCUT2D eigenvalue weighted by Crippen LogP contribution is 2.24. The molecule has 2 heterocycles. The summed E-state index contributed by atoms with van der Waals surface area (Å²) in [5, 5.41) is 7.96. The van der Waals surface area contributed by atoms with Gasteiger partial charge in [-0.05, 0) is 31.2 Å². The molecule has 1 aromatic heterocycles. The van der Waals surface area contributed by atoms with Crippen LogP contribution in [0.5, 0.6) is 0 Å². The van der Waals surface area contributed by atoms with Crippen molar-refractivity contribution < 1.29 is 19.1 Å². The van der Waals surface area contributed by atoms with Crippen LogP contribution in [0.1, 0.15) is 27.6 Å². The molecule has 0 spiro atoms. The van der Waals surface area contributed by atoms with Crippen molar-refractivity contribution in [2.45, 2.75) is 19.7 Å². The molecule has 0 aliphatic carbocycles. The van der Waals surface area contributed by atoms with E-state index >= 15 is 0 Å². The first-order valence-electron chi connectivity index (χ1n) is 8.45. The molecule has 3 aromatic rings. The Hall–Kier alpha value is -3.88. The van der Waals surface area contributed by atoms with Gasteiger partial charge in [0.25, 0.3) is 17.4 Å². The van der Waals surface area contributed by atoms with E-state index in [0.29, 0.717) is 10.9 Å². The molecule has 1 aliphatic rings. The summed E-state index contributed by atoms with van der Waals surface area (Å²) in [6.45, 7) is 0.905. The van der Waals surface area contributed by atoms with Crippen LogP contribution in [0, 0.1) is 0 Å². The number of fused-ring (bicyclic) bond motifs is 2. The van der Waals surface area contributed by atoms with Crippen LogP contribution in [0.4, 0.5) is 0 Å². The van der Waals surface area contributed by atoms with E-state index in [0.717, 1.165) is 9.58 Å². The Morgan fingerprint density at radius 1 is 1.00 bits per heavy atom. The lowest BCUT2D eigenvalue weighted by atomic mass is 10.1.